The standard InChI is InChI=1S/C22H26N6O2/c1-14-13-28(8-9-30-14)20-7-4-17(11-25-20)10-23-19-6-5-18(12-24-19)21-26-16(3)15(2)22(29)27-21/h4-7,11-12,14H,8-10,13H2,1-3H3,(H,23,24)(H,26,27,29). The number of nitrogens with one attached hydrogen (secondary N) is 2. The van der Waals surface area contributed by atoms with Crippen LogP contribution in [0.15, 0.2) is 41.5 Å². The monoisotopic (exact) mass is 406 g/mol. The third-order valence-electron chi connectivity index (χ3n) is 5.28. The highest BCUT2D eigenvalue weighted by molar-refractivity contribution is 5.56. The average molecular weight is 406 g/mol. The Labute approximate surface area is 175 Å². The number of nitrogens with zero attached hydrogens (tertiary/aromatic N) is 4. The highest BCUT2D eigenvalue weighted by atomic mass is 16.5. The summed E-state index contributed by atoms with van der Waals surface area (Å²) in [7, 11) is 0. The molecule has 4 rings (SSSR count). The SMILES string of the molecule is Cc1nc(-c2ccc(NCc3ccc(N4CCOC(C)C4)nc3)nc2)[nH]c(=O)c1C. The predicted molar refractivity (Wildman–Crippen MR) is 117 cm³/mol. The molecule has 1 aliphatic heterocycles. The number of aromatic nitrogens is 4. The van der Waals surface area contributed by atoms with Crippen molar-refractivity contribution in [2.24, 2.45) is 0 Å². The van der Waals surface area contributed by atoms with Crippen LogP contribution in [0, 0.1) is 13.8 Å². The first-order valence-electron chi connectivity index (χ1n) is 10.1. The van der Waals surface area contributed by atoms with E-state index >= 15 is 0 Å². The summed E-state index contributed by atoms with van der Waals surface area (Å²) in [5.74, 6) is 2.25. The molecular formula is C22H26N6O2. The third-order valence-corrected chi connectivity index (χ3v) is 5.28. The van der Waals surface area contributed by atoms with E-state index in [0.717, 1.165) is 48.2 Å². The zero-order valence-electron chi connectivity index (χ0n) is 17.5. The van der Waals surface area contributed by atoms with Crippen molar-refractivity contribution in [2.45, 2.75) is 33.4 Å². The van der Waals surface area contributed by atoms with Crippen molar-refractivity contribution in [3.05, 3.63) is 63.8 Å². The van der Waals surface area contributed by atoms with Gasteiger partial charge in [0, 0.05) is 48.8 Å². The zero-order chi connectivity index (χ0) is 21.1. The van der Waals surface area contributed by atoms with Gasteiger partial charge in [0.25, 0.3) is 5.56 Å². The fourth-order valence-corrected chi connectivity index (χ4v) is 3.35. The number of H-pyrrole nitrogens is 1. The van der Waals surface area contributed by atoms with Gasteiger partial charge in [-0.25, -0.2) is 15.0 Å². The van der Waals surface area contributed by atoms with E-state index in [1.54, 1.807) is 13.1 Å². The Morgan fingerprint density at radius 3 is 2.73 bits per heavy atom. The van der Waals surface area contributed by atoms with Crippen molar-refractivity contribution < 1.29 is 4.74 Å². The van der Waals surface area contributed by atoms with E-state index in [1.165, 1.54) is 0 Å². The van der Waals surface area contributed by atoms with E-state index in [4.69, 9.17) is 4.74 Å². The number of morpholine rings is 1. The van der Waals surface area contributed by atoms with Crippen LogP contribution >= 0.6 is 0 Å². The molecule has 1 aliphatic rings. The Morgan fingerprint density at radius 2 is 2.07 bits per heavy atom. The molecule has 0 aliphatic carbocycles. The van der Waals surface area contributed by atoms with Gasteiger partial charge in [-0.15, -0.1) is 0 Å². The number of aromatic amines is 1. The lowest BCUT2D eigenvalue weighted by atomic mass is 10.2. The molecule has 1 atom stereocenters. The molecule has 0 amide bonds. The summed E-state index contributed by atoms with van der Waals surface area (Å²) in [6, 6.07) is 7.89. The Morgan fingerprint density at radius 1 is 1.20 bits per heavy atom. The molecule has 0 saturated carbocycles. The van der Waals surface area contributed by atoms with Gasteiger partial charge in [-0.1, -0.05) is 6.07 Å². The van der Waals surface area contributed by atoms with Gasteiger partial charge in [0.2, 0.25) is 0 Å². The smallest absolute Gasteiger partial charge is 0.254 e. The second kappa shape index (κ2) is 8.62. The highest BCUT2D eigenvalue weighted by Gasteiger charge is 2.17. The first-order valence-corrected chi connectivity index (χ1v) is 10.1. The maximum absolute atomic E-state index is 12.0. The summed E-state index contributed by atoms with van der Waals surface area (Å²) in [5.41, 5.74) is 3.07. The number of pyridine rings is 2. The van der Waals surface area contributed by atoms with Gasteiger partial charge < -0.3 is 19.9 Å². The molecule has 2 N–H and O–H groups in total. The second-order valence-electron chi connectivity index (χ2n) is 7.56. The van der Waals surface area contributed by atoms with Crippen molar-refractivity contribution >= 4 is 11.6 Å². The lowest BCUT2D eigenvalue weighted by Crippen LogP contribution is -2.41. The van der Waals surface area contributed by atoms with Gasteiger partial charge in [-0.05, 0) is 44.5 Å². The van der Waals surface area contributed by atoms with E-state index < -0.39 is 0 Å². The van der Waals surface area contributed by atoms with E-state index in [9.17, 15) is 4.79 Å². The quantitative estimate of drug-likeness (QED) is 0.672. The van der Waals surface area contributed by atoms with Crippen LogP contribution < -0.4 is 15.8 Å². The molecule has 4 heterocycles. The molecule has 3 aromatic heterocycles. The minimum absolute atomic E-state index is 0.123. The van der Waals surface area contributed by atoms with Crippen molar-refractivity contribution in [3.8, 4) is 11.4 Å². The predicted octanol–water partition coefficient (Wildman–Crippen LogP) is 2.68. The molecule has 0 spiro atoms. The van der Waals surface area contributed by atoms with Gasteiger partial charge in [0.1, 0.15) is 17.5 Å². The zero-order valence-corrected chi connectivity index (χ0v) is 17.5. The van der Waals surface area contributed by atoms with Crippen LogP contribution in [0.3, 0.4) is 0 Å². The average Bonchev–Trinajstić information content (AvgIpc) is 2.76. The molecule has 8 heteroatoms. The number of anilines is 2. The minimum atomic E-state index is -0.123. The maximum Gasteiger partial charge on any atom is 0.254 e. The van der Waals surface area contributed by atoms with E-state index in [-0.39, 0.29) is 11.7 Å². The Balaban J connectivity index is 1.38. The number of hydrogen-bond donors (Lipinski definition) is 2. The van der Waals surface area contributed by atoms with Crippen LogP contribution in [0.2, 0.25) is 0 Å². The minimum Gasteiger partial charge on any atom is -0.375 e. The number of rotatable bonds is 5. The van der Waals surface area contributed by atoms with Crippen LogP contribution in [0.1, 0.15) is 23.7 Å². The lowest BCUT2D eigenvalue weighted by molar-refractivity contribution is 0.0529. The number of hydrogen-bond acceptors (Lipinski definition) is 7. The Kier molecular flexibility index (Phi) is 5.76. The van der Waals surface area contributed by atoms with Crippen molar-refractivity contribution in [3.63, 3.8) is 0 Å². The summed E-state index contributed by atoms with van der Waals surface area (Å²) in [6.45, 7) is 8.76. The van der Waals surface area contributed by atoms with Gasteiger partial charge in [-0.3, -0.25) is 4.79 Å². The van der Waals surface area contributed by atoms with Gasteiger partial charge in [0.15, 0.2) is 0 Å². The molecule has 1 saturated heterocycles. The normalized spacial score (nSPS) is 16.5. The second-order valence-corrected chi connectivity index (χ2v) is 7.56. The fourth-order valence-electron chi connectivity index (χ4n) is 3.35. The van der Waals surface area contributed by atoms with Crippen LogP contribution in [-0.2, 0) is 11.3 Å². The van der Waals surface area contributed by atoms with Gasteiger partial charge in [-0.2, -0.15) is 0 Å². The van der Waals surface area contributed by atoms with Crippen molar-refractivity contribution in [2.75, 3.05) is 29.9 Å². The molecule has 8 nitrogen and oxygen atoms in total. The van der Waals surface area contributed by atoms with Gasteiger partial charge >= 0.3 is 0 Å². The van der Waals surface area contributed by atoms with E-state index in [2.05, 4.69) is 43.1 Å². The summed E-state index contributed by atoms with van der Waals surface area (Å²) >= 11 is 0. The summed E-state index contributed by atoms with van der Waals surface area (Å²) in [6.07, 6.45) is 3.82. The molecule has 156 valence electrons. The van der Waals surface area contributed by atoms with Crippen LogP contribution in [0.5, 0.6) is 0 Å². The number of ether oxygens (including phenoxy) is 1. The molecule has 0 radical (unpaired) electrons. The molecule has 0 bridgehead atoms. The third kappa shape index (κ3) is 4.49. The Hall–Kier alpha value is -3.26. The Bertz CT molecular complexity index is 1060. The summed E-state index contributed by atoms with van der Waals surface area (Å²) in [4.78, 5) is 30.5. The van der Waals surface area contributed by atoms with Crippen LogP contribution in [0.25, 0.3) is 11.4 Å². The van der Waals surface area contributed by atoms with Crippen LogP contribution in [-0.4, -0.2) is 45.7 Å². The first kappa shape index (κ1) is 20.0. The van der Waals surface area contributed by atoms with Crippen molar-refractivity contribution in [1.29, 1.82) is 0 Å². The largest absolute Gasteiger partial charge is 0.375 e. The molecule has 0 aromatic carbocycles. The van der Waals surface area contributed by atoms with Crippen molar-refractivity contribution in [1.82, 2.24) is 19.9 Å². The number of aryl methyl sites for hydroxylation is 1. The molecular weight excluding hydrogens is 380 g/mol. The summed E-state index contributed by atoms with van der Waals surface area (Å²) < 4.78 is 5.59. The molecule has 30 heavy (non-hydrogen) atoms. The molecule has 1 fully saturated rings. The summed E-state index contributed by atoms with van der Waals surface area (Å²) in [5, 5.41) is 3.30. The molecule has 1 unspecified atom stereocenters. The highest BCUT2D eigenvalue weighted by Crippen LogP contribution is 2.18. The van der Waals surface area contributed by atoms with E-state index in [1.807, 2.05) is 31.3 Å². The van der Waals surface area contributed by atoms with Gasteiger partial charge in [0.05, 0.1) is 12.7 Å². The fraction of sp³-hybridized carbons (Fsp3) is 0.364. The molecule has 3 aromatic rings. The van der Waals surface area contributed by atoms with Crippen LogP contribution in [0.4, 0.5) is 11.6 Å². The topological polar surface area (TPSA) is 96.0 Å². The first-order chi connectivity index (χ1) is 14.5. The van der Waals surface area contributed by atoms with E-state index in [0.29, 0.717) is 17.9 Å². The lowest BCUT2D eigenvalue weighted by Gasteiger charge is -2.32. The maximum atomic E-state index is 12.0.